The molecule has 0 bridgehead atoms. The molecule has 0 radical (unpaired) electrons. The normalized spacial score (nSPS) is 23.6. The fourth-order valence-electron chi connectivity index (χ4n) is 2.69. The maximum absolute atomic E-state index is 6.07. The van der Waals surface area contributed by atoms with E-state index in [0.29, 0.717) is 12.1 Å². The van der Waals surface area contributed by atoms with Crippen molar-refractivity contribution < 1.29 is 4.74 Å². The van der Waals surface area contributed by atoms with E-state index in [2.05, 4.69) is 50.4 Å². The van der Waals surface area contributed by atoms with Crippen molar-refractivity contribution in [2.24, 2.45) is 0 Å². The van der Waals surface area contributed by atoms with Gasteiger partial charge >= 0.3 is 0 Å². The van der Waals surface area contributed by atoms with Crippen LogP contribution in [0.25, 0.3) is 0 Å². The predicted octanol–water partition coefficient (Wildman–Crippen LogP) is 3.89. The highest BCUT2D eigenvalue weighted by Gasteiger charge is 2.25. The first-order valence-corrected chi connectivity index (χ1v) is 7.49. The maximum atomic E-state index is 6.07. The molecule has 2 unspecified atom stereocenters. The molecule has 2 nitrogen and oxygen atoms in total. The van der Waals surface area contributed by atoms with Crippen LogP contribution in [0.4, 0.5) is 0 Å². The first-order valence-electron chi connectivity index (χ1n) is 7.49. The van der Waals surface area contributed by atoms with E-state index in [1.807, 2.05) is 7.05 Å². The Labute approximate surface area is 117 Å². The topological polar surface area (TPSA) is 21.3 Å². The number of benzene rings is 1. The molecule has 0 saturated heterocycles. The van der Waals surface area contributed by atoms with Gasteiger partial charge in [0.2, 0.25) is 0 Å². The van der Waals surface area contributed by atoms with E-state index < -0.39 is 0 Å². The lowest BCUT2D eigenvalue weighted by Gasteiger charge is -2.23. The van der Waals surface area contributed by atoms with Gasteiger partial charge in [-0.1, -0.05) is 32.9 Å². The van der Waals surface area contributed by atoms with Crippen LogP contribution >= 0.6 is 0 Å². The highest BCUT2D eigenvalue weighted by Crippen LogP contribution is 2.29. The molecule has 1 aromatic rings. The Morgan fingerprint density at radius 1 is 1.21 bits per heavy atom. The number of ether oxygens (including phenoxy) is 1. The standard InChI is InChI=1S/C17H27NO/c1-5-17(2,3)13-6-9-15(10-7-13)19-16-11-8-14(12-16)18-4/h6-7,9-10,14,16,18H,5,8,11-12H2,1-4H3. The van der Waals surface area contributed by atoms with Crippen molar-refractivity contribution in [2.75, 3.05) is 7.05 Å². The molecule has 1 fully saturated rings. The summed E-state index contributed by atoms with van der Waals surface area (Å²) in [6.45, 7) is 6.82. The average molecular weight is 261 g/mol. The quantitative estimate of drug-likeness (QED) is 0.868. The minimum absolute atomic E-state index is 0.253. The van der Waals surface area contributed by atoms with Crippen LogP contribution in [0.1, 0.15) is 52.0 Å². The third kappa shape index (κ3) is 3.50. The van der Waals surface area contributed by atoms with Crippen LogP contribution in [-0.4, -0.2) is 19.2 Å². The third-order valence-electron chi connectivity index (χ3n) is 4.62. The van der Waals surface area contributed by atoms with Crippen molar-refractivity contribution >= 4 is 0 Å². The van der Waals surface area contributed by atoms with Crippen molar-refractivity contribution in [3.8, 4) is 5.75 Å². The molecule has 1 saturated carbocycles. The zero-order valence-corrected chi connectivity index (χ0v) is 12.7. The summed E-state index contributed by atoms with van der Waals surface area (Å²) in [5.74, 6) is 1.01. The number of nitrogens with one attached hydrogen (secondary N) is 1. The fraction of sp³-hybridized carbons (Fsp3) is 0.647. The zero-order chi connectivity index (χ0) is 13.9. The second kappa shape index (κ2) is 5.96. The molecule has 0 aliphatic heterocycles. The Bertz CT molecular complexity index is 396. The molecular weight excluding hydrogens is 234 g/mol. The lowest BCUT2D eigenvalue weighted by molar-refractivity contribution is 0.206. The van der Waals surface area contributed by atoms with Gasteiger partial charge in [0.25, 0.3) is 0 Å². The van der Waals surface area contributed by atoms with Gasteiger partial charge in [0.1, 0.15) is 11.9 Å². The Balaban J connectivity index is 1.96. The second-order valence-corrected chi connectivity index (χ2v) is 6.30. The molecule has 106 valence electrons. The van der Waals surface area contributed by atoms with E-state index in [1.165, 1.54) is 12.0 Å². The van der Waals surface area contributed by atoms with E-state index in [1.54, 1.807) is 0 Å². The van der Waals surface area contributed by atoms with Gasteiger partial charge in [0, 0.05) is 6.04 Å². The Kier molecular flexibility index (Phi) is 4.51. The number of hydrogen-bond acceptors (Lipinski definition) is 2. The molecule has 19 heavy (non-hydrogen) atoms. The second-order valence-electron chi connectivity index (χ2n) is 6.30. The van der Waals surface area contributed by atoms with Crippen LogP contribution in [0.3, 0.4) is 0 Å². The minimum atomic E-state index is 0.253. The molecular formula is C17H27NO. The summed E-state index contributed by atoms with van der Waals surface area (Å²) >= 11 is 0. The highest BCUT2D eigenvalue weighted by molar-refractivity contribution is 5.31. The number of rotatable bonds is 5. The molecule has 2 rings (SSSR count). The maximum Gasteiger partial charge on any atom is 0.119 e. The molecule has 0 heterocycles. The summed E-state index contributed by atoms with van der Waals surface area (Å²) in [5, 5.41) is 3.34. The summed E-state index contributed by atoms with van der Waals surface area (Å²) in [7, 11) is 2.04. The van der Waals surface area contributed by atoms with E-state index in [4.69, 9.17) is 4.74 Å². The van der Waals surface area contributed by atoms with Crippen molar-refractivity contribution in [1.29, 1.82) is 0 Å². The van der Waals surface area contributed by atoms with Gasteiger partial charge < -0.3 is 10.1 Å². The van der Waals surface area contributed by atoms with Gasteiger partial charge in [-0.05, 0) is 55.8 Å². The fourth-order valence-corrected chi connectivity index (χ4v) is 2.69. The van der Waals surface area contributed by atoms with Gasteiger partial charge in [-0.25, -0.2) is 0 Å². The molecule has 2 heteroatoms. The van der Waals surface area contributed by atoms with Gasteiger partial charge in [-0.15, -0.1) is 0 Å². The van der Waals surface area contributed by atoms with Crippen molar-refractivity contribution in [2.45, 2.75) is 64.0 Å². The molecule has 1 aliphatic rings. The summed E-state index contributed by atoms with van der Waals surface area (Å²) in [5.41, 5.74) is 1.64. The molecule has 1 N–H and O–H groups in total. The van der Waals surface area contributed by atoms with Crippen molar-refractivity contribution in [3.05, 3.63) is 29.8 Å². The summed E-state index contributed by atoms with van der Waals surface area (Å²) in [4.78, 5) is 0. The van der Waals surface area contributed by atoms with Gasteiger partial charge in [0.05, 0.1) is 0 Å². The Morgan fingerprint density at radius 3 is 2.42 bits per heavy atom. The molecule has 0 aromatic heterocycles. The van der Waals surface area contributed by atoms with Crippen LogP contribution in [0.2, 0.25) is 0 Å². The lowest BCUT2D eigenvalue weighted by Crippen LogP contribution is -2.23. The smallest absolute Gasteiger partial charge is 0.119 e. The molecule has 2 atom stereocenters. The minimum Gasteiger partial charge on any atom is -0.490 e. The first kappa shape index (κ1) is 14.4. The van der Waals surface area contributed by atoms with Crippen molar-refractivity contribution in [1.82, 2.24) is 5.32 Å². The van der Waals surface area contributed by atoms with Gasteiger partial charge in [0.15, 0.2) is 0 Å². The number of hydrogen-bond donors (Lipinski definition) is 1. The monoisotopic (exact) mass is 261 g/mol. The molecule has 1 aromatic carbocycles. The van der Waals surface area contributed by atoms with Gasteiger partial charge in [-0.2, -0.15) is 0 Å². The van der Waals surface area contributed by atoms with E-state index in [9.17, 15) is 0 Å². The molecule has 0 amide bonds. The highest BCUT2D eigenvalue weighted by atomic mass is 16.5. The first-order chi connectivity index (χ1) is 9.05. The summed E-state index contributed by atoms with van der Waals surface area (Å²) < 4.78 is 6.07. The SMILES string of the molecule is CCC(C)(C)c1ccc(OC2CCC(NC)C2)cc1. The van der Waals surface area contributed by atoms with Crippen LogP contribution in [0, 0.1) is 0 Å². The van der Waals surface area contributed by atoms with E-state index in [-0.39, 0.29) is 5.41 Å². The summed E-state index contributed by atoms with van der Waals surface area (Å²) in [6.07, 6.45) is 5.04. The van der Waals surface area contributed by atoms with Crippen LogP contribution in [0.5, 0.6) is 5.75 Å². The van der Waals surface area contributed by atoms with Crippen LogP contribution < -0.4 is 10.1 Å². The van der Waals surface area contributed by atoms with Crippen LogP contribution in [-0.2, 0) is 5.41 Å². The summed E-state index contributed by atoms with van der Waals surface area (Å²) in [6, 6.07) is 9.30. The Morgan fingerprint density at radius 2 is 1.89 bits per heavy atom. The average Bonchev–Trinajstić information content (AvgIpc) is 2.87. The molecule has 1 aliphatic carbocycles. The van der Waals surface area contributed by atoms with Gasteiger partial charge in [-0.3, -0.25) is 0 Å². The Hall–Kier alpha value is -1.02. The van der Waals surface area contributed by atoms with E-state index in [0.717, 1.165) is 25.0 Å². The predicted molar refractivity (Wildman–Crippen MR) is 80.9 cm³/mol. The third-order valence-corrected chi connectivity index (χ3v) is 4.62. The van der Waals surface area contributed by atoms with E-state index >= 15 is 0 Å². The lowest BCUT2D eigenvalue weighted by atomic mass is 9.82. The van der Waals surface area contributed by atoms with Crippen molar-refractivity contribution in [3.63, 3.8) is 0 Å². The zero-order valence-electron chi connectivity index (χ0n) is 12.7. The van der Waals surface area contributed by atoms with Crippen LogP contribution in [0.15, 0.2) is 24.3 Å². The largest absolute Gasteiger partial charge is 0.490 e. The molecule has 0 spiro atoms.